The molecule has 1 amide bonds. The Morgan fingerprint density at radius 2 is 1.79 bits per heavy atom. The lowest BCUT2D eigenvalue weighted by atomic mass is 10.1. The Labute approximate surface area is 199 Å². The number of anilines is 2. The van der Waals surface area contributed by atoms with Gasteiger partial charge in [-0.3, -0.25) is 4.79 Å². The molecule has 0 atom stereocenters. The van der Waals surface area contributed by atoms with Gasteiger partial charge in [0.2, 0.25) is 5.91 Å². The second kappa shape index (κ2) is 11.7. The summed E-state index contributed by atoms with van der Waals surface area (Å²) in [5.41, 5.74) is 2.74. The molecular weight excluding hydrogens is 428 g/mol. The van der Waals surface area contributed by atoms with Crippen LogP contribution in [0.4, 0.5) is 11.4 Å². The van der Waals surface area contributed by atoms with Crippen molar-refractivity contribution in [3.8, 4) is 17.6 Å². The van der Waals surface area contributed by atoms with E-state index in [1.807, 2.05) is 54.6 Å². The molecule has 1 aliphatic rings. The summed E-state index contributed by atoms with van der Waals surface area (Å²) in [6, 6.07) is 24.5. The van der Waals surface area contributed by atoms with Gasteiger partial charge in [-0.05, 0) is 74.0 Å². The highest BCUT2D eigenvalue weighted by atomic mass is 16.5. The van der Waals surface area contributed by atoms with Gasteiger partial charge in [-0.15, -0.1) is 0 Å². The molecule has 0 bridgehead atoms. The lowest BCUT2D eigenvalue weighted by Crippen LogP contribution is -2.34. The highest BCUT2D eigenvalue weighted by molar-refractivity contribution is 5.95. The van der Waals surface area contributed by atoms with E-state index in [1.54, 1.807) is 18.2 Å². The van der Waals surface area contributed by atoms with Crippen LogP contribution < -0.4 is 25.4 Å². The van der Waals surface area contributed by atoms with Crippen molar-refractivity contribution in [1.82, 2.24) is 5.32 Å². The third kappa shape index (κ3) is 6.74. The third-order valence-electron chi connectivity index (χ3n) is 5.52. The standard InChI is InChI=1S/C27H28N4O3/c28-17-21-6-11-26(33-19-20-4-2-1-3-5-20)25(16-21)31-27(32)18-30-22-7-9-23(10-8-22)34-24-12-14-29-15-13-24/h1-11,16,24,29-30H,12-15,18-19H2,(H,31,32). The van der Waals surface area contributed by atoms with Gasteiger partial charge in [0.05, 0.1) is 23.9 Å². The van der Waals surface area contributed by atoms with E-state index in [-0.39, 0.29) is 18.6 Å². The van der Waals surface area contributed by atoms with Gasteiger partial charge in [0, 0.05) is 5.69 Å². The Morgan fingerprint density at radius 1 is 1.03 bits per heavy atom. The van der Waals surface area contributed by atoms with Crippen molar-refractivity contribution >= 4 is 17.3 Å². The highest BCUT2D eigenvalue weighted by Gasteiger charge is 2.14. The molecule has 7 heteroatoms. The molecule has 4 rings (SSSR count). The first-order valence-corrected chi connectivity index (χ1v) is 11.4. The van der Waals surface area contributed by atoms with Crippen LogP contribution in [0.3, 0.4) is 0 Å². The fourth-order valence-electron chi connectivity index (χ4n) is 3.69. The minimum Gasteiger partial charge on any atom is -0.490 e. The largest absolute Gasteiger partial charge is 0.490 e. The Morgan fingerprint density at radius 3 is 2.53 bits per heavy atom. The zero-order valence-electron chi connectivity index (χ0n) is 18.9. The topological polar surface area (TPSA) is 95.4 Å². The lowest BCUT2D eigenvalue weighted by Gasteiger charge is -2.23. The summed E-state index contributed by atoms with van der Waals surface area (Å²) in [6.45, 7) is 2.40. The van der Waals surface area contributed by atoms with Crippen LogP contribution >= 0.6 is 0 Å². The molecule has 7 nitrogen and oxygen atoms in total. The van der Waals surface area contributed by atoms with E-state index >= 15 is 0 Å². The van der Waals surface area contributed by atoms with E-state index < -0.39 is 0 Å². The van der Waals surface area contributed by atoms with Crippen LogP contribution in [0.15, 0.2) is 72.8 Å². The first kappa shape index (κ1) is 23.1. The molecule has 0 saturated carbocycles. The number of piperidine rings is 1. The smallest absolute Gasteiger partial charge is 0.243 e. The van der Waals surface area contributed by atoms with Gasteiger partial charge < -0.3 is 25.4 Å². The summed E-state index contributed by atoms with van der Waals surface area (Å²) < 4.78 is 11.9. The normalized spacial score (nSPS) is 13.5. The zero-order chi connectivity index (χ0) is 23.6. The summed E-state index contributed by atoms with van der Waals surface area (Å²) >= 11 is 0. The number of ether oxygens (including phenoxy) is 2. The number of carbonyl (C=O) groups excluding carboxylic acids is 1. The number of benzene rings is 3. The number of nitrogens with one attached hydrogen (secondary N) is 3. The van der Waals surface area contributed by atoms with Crippen molar-refractivity contribution in [3.05, 3.63) is 83.9 Å². The van der Waals surface area contributed by atoms with Gasteiger partial charge in [-0.25, -0.2) is 0 Å². The predicted octanol–water partition coefficient (Wildman–Crippen LogP) is 4.32. The van der Waals surface area contributed by atoms with Crippen LogP contribution in [-0.4, -0.2) is 31.6 Å². The molecule has 1 saturated heterocycles. The maximum Gasteiger partial charge on any atom is 0.243 e. The molecule has 1 heterocycles. The molecule has 0 aliphatic carbocycles. The number of nitrogens with zero attached hydrogens (tertiary/aromatic N) is 1. The first-order valence-electron chi connectivity index (χ1n) is 11.4. The van der Waals surface area contributed by atoms with E-state index in [1.165, 1.54) is 0 Å². The first-order chi connectivity index (χ1) is 16.7. The van der Waals surface area contributed by atoms with Crippen LogP contribution in [0.5, 0.6) is 11.5 Å². The molecule has 3 aromatic rings. The Hall–Kier alpha value is -4.02. The average Bonchev–Trinajstić information content (AvgIpc) is 2.89. The van der Waals surface area contributed by atoms with Crippen LogP contribution in [0, 0.1) is 11.3 Å². The van der Waals surface area contributed by atoms with Gasteiger partial charge in [-0.2, -0.15) is 5.26 Å². The quantitative estimate of drug-likeness (QED) is 0.444. The molecule has 0 unspecified atom stereocenters. The van der Waals surface area contributed by atoms with Gasteiger partial charge >= 0.3 is 0 Å². The molecule has 0 radical (unpaired) electrons. The summed E-state index contributed by atoms with van der Waals surface area (Å²) in [5.74, 6) is 1.10. The number of hydrogen-bond acceptors (Lipinski definition) is 6. The summed E-state index contributed by atoms with van der Waals surface area (Å²) in [5, 5.41) is 18.5. The van der Waals surface area contributed by atoms with Gasteiger partial charge in [0.15, 0.2) is 0 Å². The molecule has 3 N–H and O–H groups in total. The number of rotatable bonds is 9. The van der Waals surface area contributed by atoms with Crippen LogP contribution in [0.25, 0.3) is 0 Å². The number of carbonyl (C=O) groups is 1. The Kier molecular flexibility index (Phi) is 7.99. The maximum absolute atomic E-state index is 12.6. The van der Waals surface area contributed by atoms with Gasteiger partial charge in [-0.1, -0.05) is 30.3 Å². The maximum atomic E-state index is 12.6. The van der Waals surface area contributed by atoms with E-state index in [0.717, 1.165) is 42.9 Å². The third-order valence-corrected chi connectivity index (χ3v) is 5.52. The van der Waals surface area contributed by atoms with Crippen molar-refractivity contribution in [2.75, 3.05) is 30.3 Å². The van der Waals surface area contributed by atoms with E-state index in [0.29, 0.717) is 23.6 Å². The van der Waals surface area contributed by atoms with Crippen molar-refractivity contribution < 1.29 is 14.3 Å². The minimum absolute atomic E-state index is 0.0728. The Balaban J connectivity index is 1.31. The van der Waals surface area contributed by atoms with Crippen molar-refractivity contribution in [3.63, 3.8) is 0 Å². The molecule has 1 fully saturated rings. The lowest BCUT2D eigenvalue weighted by molar-refractivity contribution is -0.114. The van der Waals surface area contributed by atoms with Crippen molar-refractivity contribution in [2.45, 2.75) is 25.6 Å². The molecule has 3 aromatic carbocycles. The molecule has 0 spiro atoms. The number of amides is 1. The molecule has 1 aliphatic heterocycles. The molecule has 174 valence electrons. The second-order valence-corrected chi connectivity index (χ2v) is 8.09. The molecule has 0 aromatic heterocycles. The zero-order valence-corrected chi connectivity index (χ0v) is 18.9. The monoisotopic (exact) mass is 456 g/mol. The van der Waals surface area contributed by atoms with E-state index in [4.69, 9.17) is 9.47 Å². The number of hydrogen-bond donors (Lipinski definition) is 3. The second-order valence-electron chi connectivity index (χ2n) is 8.09. The van der Waals surface area contributed by atoms with E-state index in [9.17, 15) is 10.1 Å². The van der Waals surface area contributed by atoms with Crippen molar-refractivity contribution in [2.24, 2.45) is 0 Å². The summed E-state index contributed by atoms with van der Waals surface area (Å²) in [7, 11) is 0. The fourth-order valence-corrected chi connectivity index (χ4v) is 3.69. The SMILES string of the molecule is N#Cc1ccc(OCc2ccccc2)c(NC(=O)CNc2ccc(OC3CCNCC3)cc2)c1. The summed E-state index contributed by atoms with van der Waals surface area (Å²) in [4.78, 5) is 12.6. The number of nitriles is 1. The highest BCUT2D eigenvalue weighted by Crippen LogP contribution is 2.27. The van der Waals surface area contributed by atoms with Crippen molar-refractivity contribution in [1.29, 1.82) is 5.26 Å². The molecular formula is C27H28N4O3. The molecule has 34 heavy (non-hydrogen) atoms. The van der Waals surface area contributed by atoms with Gasteiger partial charge in [0.1, 0.15) is 24.2 Å². The van der Waals surface area contributed by atoms with Crippen LogP contribution in [-0.2, 0) is 11.4 Å². The van der Waals surface area contributed by atoms with E-state index in [2.05, 4.69) is 22.0 Å². The van der Waals surface area contributed by atoms with Gasteiger partial charge in [0.25, 0.3) is 0 Å². The van der Waals surface area contributed by atoms with Crippen LogP contribution in [0.1, 0.15) is 24.0 Å². The fraction of sp³-hybridized carbons (Fsp3) is 0.259. The Bertz CT molecular complexity index is 1120. The summed E-state index contributed by atoms with van der Waals surface area (Å²) in [6.07, 6.45) is 2.25. The predicted molar refractivity (Wildman–Crippen MR) is 132 cm³/mol. The average molecular weight is 457 g/mol. The van der Waals surface area contributed by atoms with Crippen LogP contribution in [0.2, 0.25) is 0 Å². The minimum atomic E-state index is -0.241.